The Kier molecular flexibility index (Phi) is 3.77. The second-order valence-electron chi connectivity index (χ2n) is 5.14. The zero-order valence-corrected chi connectivity index (χ0v) is 11.6. The molecule has 1 aliphatic heterocycles. The van der Waals surface area contributed by atoms with Gasteiger partial charge in [0, 0.05) is 24.0 Å². The van der Waals surface area contributed by atoms with Crippen molar-refractivity contribution >= 4 is 11.4 Å². The number of ether oxygens (including phenoxy) is 1. The maximum atomic E-state index is 5.78. The minimum Gasteiger partial charge on any atom is -0.492 e. The van der Waals surface area contributed by atoms with Crippen LogP contribution < -0.4 is 15.4 Å². The summed E-state index contributed by atoms with van der Waals surface area (Å²) < 4.78 is 5.78. The molecule has 0 fully saturated rings. The van der Waals surface area contributed by atoms with Gasteiger partial charge >= 0.3 is 0 Å². The largest absolute Gasteiger partial charge is 0.492 e. The summed E-state index contributed by atoms with van der Waals surface area (Å²) in [7, 11) is 0. The quantitative estimate of drug-likeness (QED) is 0.866. The Labute approximate surface area is 120 Å². The molecule has 2 aromatic carbocycles. The van der Waals surface area contributed by atoms with E-state index >= 15 is 0 Å². The standard InChI is InChI=1S/C17H20N2O/c18-15-7-3-8-16(13-15)20-12-11-19-10-4-6-14-5-1-2-9-17(14)19/h1-3,5,7-9,13H,4,6,10-12,18H2. The van der Waals surface area contributed by atoms with Crippen LogP contribution in [0.1, 0.15) is 12.0 Å². The molecule has 0 aliphatic carbocycles. The number of hydrogen-bond donors (Lipinski definition) is 1. The monoisotopic (exact) mass is 268 g/mol. The van der Waals surface area contributed by atoms with Crippen molar-refractivity contribution in [1.82, 2.24) is 0 Å². The normalized spacial score (nSPS) is 13.9. The Morgan fingerprint density at radius 2 is 2.00 bits per heavy atom. The number of para-hydroxylation sites is 1. The maximum Gasteiger partial charge on any atom is 0.121 e. The van der Waals surface area contributed by atoms with E-state index in [1.54, 1.807) is 0 Å². The Balaban J connectivity index is 1.60. The summed E-state index contributed by atoms with van der Waals surface area (Å²) in [5, 5.41) is 0. The van der Waals surface area contributed by atoms with E-state index in [0.717, 1.165) is 24.5 Å². The van der Waals surface area contributed by atoms with Gasteiger partial charge in [0.2, 0.25) is 0 Å². The van der Waals surface area contributed by atoms with Gasteiger partial charge < -0.3 is 15.4 Å². The summed E-state index contributed by atoms with van der Waals surface area (Å²) in [4.78, 5) is 2.41. The van der Waals surface area contributed by atoms with E-state index in [9.17, 15) is 0 Å². The summed E-state index contributed by atoms with van der Waals surface area (Å²) >= 11 is 0. The maximum absolute atomic E-state index is 5.78. The third-order valence-electron chi connectivity index (χ3n) is 3.69. The molecule has 3 nitrogen and oxygen atoms in total. The van der Waals surface area contributed by atoms with Crippen molar-refractivity contribution in [2.24, 2.45) is 0 Å². The minimum absolute atomic E-state index is 0.678. The van der Waals surface area contributed by atoms with Crippen molar-refractivity contribution in [1.29, 1.82) is 0 Å². The van der Waals surface area contributed by atoms with Crippen LogP contribution in [0.3, 0.4) is 0 Å². The van der Waals surface area contributed by atoms with E-state index in [2.05, 4.69) is 29.2 Å². The number of hydrogen-bond acceptors (Lipinski definition) is 3. The lowest BCUT2D eigenvalue weighted by atomic mass is 10.0. The molecular formula is C17H20N2O. The molecule has 20 heavy (non-hydrogen) atoms. The van der Waals surface area contributed by atoms with Crippen molar-refractivity contribution in [2.75, 3.05) is 30.3 Å². The Morgan fingerprint density at radius 1 is 1.10 bits per heavy atom. The molecule has 2 N–H and O–H groups in total. The fraction of sp³-hybridized carbons (Fsp3) is 0.294. The average molecular weight is 268 g/mol. The van der Waals surface area contributed by atoms with Crippen LogP contribution in [0.2, 0.25) is 0 Å². The van der Waals surface area contributed by atoms with Crippen molar-refractivity contribution < 1.29 is 4.74 Å². The molecule has 0 saturated carbocycles. The lowest BCUT2D eigenvalue weighted by molar-refractivity contribution is 0.323. The first-order valence-corrected chi connectivity index (χ1v) is 7.14. The lowest BCUT2D eigenvalue weighted by Gasteiger charge is -2.31. The van der Waals surface area contributed by atoms with E-state index < -0.39 is 0 Å². The van der Waals surface area contributed by atoms with Crippen molar-refractivity contribution in [3.05, 3.63) is 54.1 Å². The van der Waals surface area contributed by atoms with Gasteiger partial charge in [0.15, 0.2) is 0 Å². The highest BCUT2D eigenvalue weighted by atomic mass is 16.5. The van der Waals surface area contributed by atoms with Gasteiger partial charge in [0.1, 0.15) is 12.4 Å². The molecule has 1 aliphatic rings. The number of fused-ring (bicyclic) bond motifs is 1. The van der Waals surface area contributed by atoms with Gasteiger partial charge in [-0.05, 0) is 36.6 Å². The SMILES string of the molecule is Nc1cccc(OCCN2CCCc3ccccc32)c1. The van der Waals surface area contributed by atoms with Gasteiger partial charge in [0.25, 0.3) is 0 Å². The van der Waals surface area contributed by atoms with E-state index in [0.29, 0.717) is 6.61 Å². The van der Waals surface area contributed by atoms with Gasteiger partial charge in [-0.2, -0.15) is 0 Å². The first-order chi connectivity index (χ1) is 9.83. The van der Waals surface area contributed by atoms with Crippen LogP contribution in [0.4, 0.5) is 11.4 Å². The molecule has 1 heterocycles. The Hall–Kier alpha value is -2.16. The van der Waals surface area contributed by atoms with E-state index in [1.807, 2.05) is 24.3 Å². The summed E-state index contributed by atoms with van der Waals surface area (Å²) in [5.74, 6) is 0.843. The summed E-state index contributed by atoms with van der Waals surface area (Å²) in [6.45, 7) is 2.70. The van der Waals surface area contributed by atoms with Crippen LogP contribution in [0.5, 0.6) is 5.75 Å². The van der Waals surface area contributed by atoms with Crippen LogP contribution >= 0.6 is 0 Å². The lowest BCUT2D eigenvalue weighted by Crippen LogP contribution is -2.33. The van der Waals surface area contributed by atoms with Gasteiger partial charge in [0.05, 0.1) is 6.54 Å². The smallest absolute Gasteiger partial charge is 0.121 e. The Morgan fingerprint density at radius 3 is 2.90 bits per heavy atom. The number of nitrogen functional groups attached to an aromatic ring is 1. The molecule has 104 valence electrons. The third kappa shape index (κ3) is 2.87. The molecular weight excluding hydrogens is 248 g/mol. The molecule has 3 rings (SSSR count). The molecule has 0 unspecified atom stereocenters. The Bertz CT molecular complexity index is 583. The fourth-order valence-electron chi connectivity index (χ4n) is 2.72. The van der Waals surface area contributed by atoms with Crippen molar-refractivity contribution in [2.45, 2.75) is 12.8 Å². The number of nitrogens with zero attached hydrogens (tertiary/aromatic N) is 1. The number of benzene rings is 2. The average Bonchev–Trinajstić information content (AvgIpc) is 2.48. The van der Waals surface area contributed by atoms with Crippen LogP contribution in [0, 0.1) is 0 Å². The van der Waals surface area contributed by atoms with Crippen LogP contribution in [0.15, 0.2) is 48.5 Å². The molecule has 2 aromatic rings. The van der Waals surface area contributed by atoms with Gasteiger partial charge in [-0.3, -0.25) is 0 Å². The number of rotatable bonds is 4. The molecule has 0 bridgehead atoms. The highest BCUT2D eigenvalue weighted by Gasteiger charge is 2.15. The molecule has 0 amide bonds. The highest BCUT2D eigenvalue weighted by molar-refractivity contribution is 5.55. The van der Waals surface area contributed by atoms with Crippen LogP contribution in [0.25, 0.3) is 0 Å². The number of anilines is 2. The topological polar surface area (TPSA) is 38.5 Å². The highest BCUT2D eigenvalue weighted by Crippen LogP contribution is 2.26. The zero-order chi connectivity index (χ0) is 13.8. The molecule has 0 aromatic heterocycles. The molecule has 0 atom stereocenters. The minimum atomic E-state index is 0.678. The van der Waals surface area contributed by atoms with E-state index in [4.69, 9.17) is 10.5 Å². The number of aryl methyl sites for hydroxylation is 1. The molecule has 0 radical (unpaired) electrons. The third-order valence-corrected chi connectivity index (χ3v) is 3.69. The first-order valence-electron chi connectivity index (χ1n) is 7.14. The fourth-order valence-corrected chi connectivity index (χ4v) is 2.72. The van der Waals surface area contributed by atoms with Gasteiger partial charge in [-0.25, -0.2) is 0 Å². The molecule has 3 heteroatoms. The predicted molar refractivity (Wildman–Crippen MR) is 83.3 cm³/mol. The van der Waals surface area contributed by atoms with E-state index in [-0.39, 0.29) is 0 Å². The molecule has 0 spiro atoms. The summed E-state index contributed by atoms with van der Waals surface area (Å²) in [6, 6.07) is 16.2. The van der Waals surface area contributed by atoms with Gasteiger partial charge in [-0.15, -0.1) is 0 Å². The van der Waals surface area contributed by atoms with Crippen LogP contribution in [-0.2, 0) is 6.42 Å². The molecule has 0 saturated heterocycles. The first kappa shape index (κ1) is 12.9. The zero-order valence-electron chi connectivity index (χ0n) is 11.6. The van der Waals surface area contributed by atoms with E-state index in [1.165, 1.54) is 24.1 Å². The summed E-state index contributed by atoms with van der Waals surface area (Å²) in [5.41, 5.74) is 9.29. The second-order valence-corrected chi connectivity index (χ2v) is 5.14. The van der Waals surface area contributed by atoms with Crippen molar-refractivity contribution in [3.8, 4) is 5.75 Å². The summed E-state index contributed by atoms with van der Waals surface area (Å²) in [6.07, 6.45) is 2.40. The second kappa shape index (κ2) is 5.87. The van der Waals surface area contributed by atoms with Crippen molar-refractivity contribution in [3.63, 3.8) is 0 Å². The van der Waals surface area contributed by atoms with Gasteiger partial charge in [-0.1, -0.05) is 24.3 Å². The number of nitrogens with two attached hydrogens (primary N) is 1. The predicted octanol–water partition coefficient (Wildman–Crippen LogP) is 3.10. The van der Waals surface area contributed by atoms with Crippen LogP contribution in [-0.4, -0.2) is 19.7 Å².